The summed E-state index contributed by atoms with van der Waals surface area (Å²) >= 11 is 1.51. The lowest BCUT2D eigenvalue weighted by molar-refractivity contribution is 0.0597. The minimum absolute atomic E-state index is 0.0535. The Hall–Kier alpha value is -1.79. The average molecular weight is 308 g/mol. The summed E-state index contributed by atoms with van der Waals surface area (Å²) < 4.78 is 5.24. The molecule has 3 N–H and O–H groups in total. The molecule has 2 heterocycles. The SMILES string of the molecule is C[C@H](Cc1ccco1)NC(=O)NC[C@@](C)(O)c1ccsc1. The summed E-state index contributed by atoms with van der Waals surface area (Å²) in [4.78, 5) is 11.8. The van der Waals surface area contributed by atoms with Crippen LogP contribution in [0.3, 0.4) is 0 Å². The molecule has 6 heteroatoms. The molecule has 0 radical (unpaired) electrons. The van der Waals surface area contributed by atoms with Crippen molar-refractivity contribution in [2.75, 3.05) is 6.54 Å². The molecule has 21 heavy (non-hydrogen) atoms. The Morgan fingerprint density at radius 3 is 2.95 bits per heavy atom. The zero-order valence-corrected chi connectivity index (χ0v) is 12.9. The van der Waals surface area contributed by atoms with Crippen LogP contribution < -0.4 is 10.6 Å². The van der Waals surface area contributed by atoms with Crippen molar-refractivity contribution in [2.45, 2.75) is 31.9 Å². The highest BCUT2D eigenvalue weighted by molar-refractivity contribution is 7.08. The summed E-state index contributed by atoms with van der Waals surface area (Å²) in [6.45, 7) is 3.74. The van der Waals surface area contributed by atoms with E-state index >= 15 is 0 Å². The summed E-state index contributed by atoms with van der Waals surface area (Å²) in [5.41, 5.74) is -0.266. The number of carbonyl (C=O) groups excluding carboxylic acids is 1. The monoisotopic (exact) mass is 308 g/mol. The van der Waals surface area contributed by atoms with Gasteiger partial charge in [0.05, 0.1) is 12.8 Å². The van der Waals surface area contributed by atoms with Gasteiger partial charge in [-0.3, -0.25) is 0 Å². The van der Waals surface area contributed by atoms with E-state index in [1.54, 1.807) is 13.2 Å². The maximum atomic E-state index is 11.8. The maximum absolute atomic E-state index is 11.8. The fraction of sp³-hybridized carbons (Fsp3) is 0.400. The molecule has 0 saturated carbocycles. The number of hydrogen-bond donors (Lipinski definition) is 3. The molecular weight excluding hydrogens is 288 g/mol. The molecule has 0 aromatic carbocycles. The number of aliphatic hydroxyl groups is 1. The summed E-state index contributed by atoms with van der Waals surface area (Å²) in [5.74, 6) is 0.827. The third kappa shape index (κ3) is 4.61. The molecular formula is C15H20N2O3S. The number of carbonyl (C=O) groups is 1. The predicted octanol–water partition coefficient (Wildman–Crippen LogP) is 2.48. The molecule has 0 saturated heterocycles. The van der Waals surface area contributed by atoms with Crippen LogP contribution in [0, 0.1) is 0 Å². The van der Waals surface area contributed by atoms with Crippen LogP contribution in [0.25, 0.3) is 0 Å². The van der Waals surface area contributed by atoms with Gasteiger partial charge in [-0.15, -0.1) is 0 Å². The van der Waals surface area contributed by atoms with Gasteiger partial charge in [0.2, 0.25) is 0 Å². The molecule has 0 aliphatic heterocycles. The second-order valence-electron chi connectivity index (χ2n) is 5.30. The van der Waals surface area contributed by atoms with Gasteiger partial charge in [-0.25, -0.2) is 4.79 Å². The van der Waals surface area contributed by atoms with Crippen LogP contribution in [-0.2, 0) is 12.0 Å². The highest BCUT2D eigenvalue weighted by Gasteiger charge is 2.24. The molecule has 0 aliphatic carbocycles. The number of nitrogens with one attached hydrogen (secondary N) is 2. The van der Waals surface area contributed by atoms with E-state index in [9.17, 15) is 9.90 Å². The molecule has 0 spiro atoms. The number of furan rings is 1. The van der Waals surface area contributed by atoms with E-state index in [4.69, 9.17) is 4.42 Å². The van der Waals surface area contributed by atoms with Crippen molar-refractivity contribution in [1.82, 2.24) is 10.6 Å². The Balaban J connectivity index is 1.77. The van der Waals surface area contributed by atoms with Crippen molar-refractivity contribution in [2.24, 2.45) is 0 Å². The van der Waals surface area contributed by atoms with Crippen LogP contribution in [0.2, 0.25) is 0 Å². The van der Waals surface area contributed by atoms with Crippen molar-refractivity contribution in [3.63, 3.8) is 0 Å². The Morgan fingerprint density at radius 1 is 1.52 bits per heavy atom. The van der Waals surface area contributed by atoms with Crippen LogP contribution >= 0.6 is 11.3 Å². The first-order valence-electron chi connectivity index (χ1n) is 6.79. The van der Waals surface area contributed by atoms with Crippen LogP contribution in [0.5, 0.6) is 0 Å². The summed E-state index contributed by atoms with van der Waals surface area (Å²) in [6, 6.07) is 5.19. The Labute approximate surface area is 128 Å². The van der Waals surface area contributed by atoms with Crippen LogP contribution in [0.4, 0.5) is 4.79 Å². The quantitative estimate of drug-likeness (QED) is 0.767. The fourth-order valence-corrected chi connectivity index (χ4v) is 2.76. The number of thiophene rings is 1. The highest BCUT2D eigenvalue weighted by atomic mass is 32.1. The van der Waals surface area contributed by atoms with Gasteiger partial charge in [-0.2, -0.15) is 11.3 Å². The molecule has 2 aromatic rings. The van der Waals surface area contributed by atoms with Crippen molar-refractivity contribution < 1.29 is 14.3 Å². The van der Waals surface area contributed by atoms with E-state index in [0.29, 0.717) is 6.42 Å². The minimum Gasteiger partial charge on any atom is -0.469 e. The lowest BCUT2D eigenvalue weighted by Crippen LogP contribution is -2.46. The molecule has 0 unspecified atom stereocenters. The van der Waals surface area contributed by atoms with Crippen LogP contribution in [-0.4, -0.2) is 23.7 Å². The molecule has 2 rings (SSSR count). The predicted molar refractivity (Wildman–Crippen MR) is 82.3 cm³/mol. The Morgan fingerprint density at radius 2 is 2.33 bits per heavy atom. The standard InChI is InChI=1S/C15H20N2O3S/c1-11(8-13-4-3-6-20-13)17-14(18)16-10-15(2,19)12-5-7-21-9-12/h3-7,9,11,19H,8,10H2,1-2H3,(H2,16,17,18)/t11-,15-/m1/s1. The van der Waals surface area contributed by atoms with Gasteiger partial charge in [-0.1, -0.05) is 0 Å². The van der Waals surface area contributed by atoms with Gasteiger partial charge in [0.15, 0.2) is 0 Å². The first-order valence-corrected chi connectivity index (χ1v) is 7.73. The number of urea groups is 1. The lowest BCUT2D eigenvalue weighted by Gasteiger charge is -2.23. The van der Waals surface area contributed by atoms with E-state index in [0.717, 1.165) is 11.3 Å². The number of rotatable bonds is 6. The molecule has 0 bridgehead atoms. The van der Waals surface area contributed by atoms with Crippen molar-refractivity contribution in [1.29, 1.82) is 0 Å². The largest absolute Gasteiger partial charge is 0.469 e. The molecule has 0 aliphatic rings. The topological polar surface area (TPSA) is 74.5 Å². The average Bonchev–Trinajstić information content (AvgIpc) is 3.09. The van der Waals surface area contributed by atoms with Gasteiger partial charge in [0.1, 0.15) is 11.4 Å². The minimum atomic E-state index is -1.07. The van der Waals surface area contributed by atoms with Crippen LogP contribution in [0.15, 0.2) is 39.6 Å². The third-order valence-electron chi connectivity index (χ3n) is 3.20. The van der Waals surface area contributed by atoms with E-state index in [2.05, 4.69) is 10.6 Å². The van der Waals surface area contributed by atoms with Gasteiger partial charge in [0, 0.05) is 12.5 Å². The summed E-state index contributed by atoms with van der Waals surface area (Å²) in [7, 11) is 0. The van der Waals surface area contributed by atoms with Crippen molar-refractivity contribution in [3.05, 3.63) is 46.5 Å². The van der Waals surface area contributed by atoms with Crippen LogP contribution in [0.1, 0.15) is 25.2 Å². The molecule has 2 amide bonds. The van der Waals surface area contributed by atoms with Crippen molar-refractivity contribution >= 4 is 17.4 Å². The molecule has 2 aromatic heterocycles. The summed E-state index contributed by atoms with van der Waals surface area (Å²) in [6.07, 6.45) is 2.24. The zero-order chi connectivity index (χ0) is 15.3. The van der Waals surface area contributed by atoms with Gasteiger partial charge in [-0.05, 0) is 48.4 Å². The van der Waals surface area contributed by atoms with E-state index in [1.165, 1.54) is 11.3 Å². The second kappa shape index (κ2) is 6.78. The lowest BCUT2D eigenvalue weighted by atomic mass is 9.99. The second-order valence-corrected chi connectivity index (χ2v) is 6.08. The Bertz CT molecular complexity index is 550. The number of amides is 2. The first kappa shape index (κ1) is 15.6. The molecule has 0 fully saturated rings. The normalized spacial score (nSPS) is 15.2. The van der Waals surface area contributed by atoms with Gasteiger partial charge < -0.3 is 20.2 Å². The summed E-state index contributed by atoms with van der Waals surface area (Å²) in [5, 5.41) is 19.6. The smallest absolute Gasteiger partial charge is 0.315 e. The first-order chi connectivity index (χ1) is 9.97. The zero-order valence-electron chi connectivity index (χ0n) is 12.1. The van der Waals surface area contributed by atoms with Gasteiger partial charge >= 0.3 is 6.03 Å². The third-order valence-corrected chi connectivity index (χ3v) is 3.88. The van der Waals surface area contributed by atoms with E-state index in [-0.39, 0.29) is 18.6 Å². The van der Waals surface area contributed by atoms with E-state index < -0.39 is 5.60 Å². The van der Waals surface area contributed by atoms with Crippen molar-refractivity contribution in [3.8, 4) is 0 Å². The Kier molecular flexibility index (Phi) is 5.03. The highest BCUT2D eigenvalue weighted by Crippen LogP contribution is 2.21. The van der Waals surface area contributed by atoms with E-state index in [1.807, 2.05) is 35.9 Å². The molecule has 114 valence electrons. The van der Waals surface area contributed by atoms with Gasteiger partial charge in [0.25, 0.3) is 0 Å². The molecule has 5 nitrogen and oxygen atoms in total. The fourth-order valence-electron chi connectivity index (χ4n) is 1.98. The number of hydrogen-bond acceptors (Lipinski definition) is 4. The maximum Gasteiger partial charge on any atom is 0.315 e. The molecule has 2 atom stereocenters.